The van der Waals surface area contributed by atoms with Gasteiger partial charge in [0.2, 0.25) is 5.91 Å². The molecule has 0 atom stereocenters. The highest BCUT2D eigenvalue weighted by molar-refractivity contribution is 6.06. The summed E-state index contributed by atoms with van der Waals surface area (Å²) in [4.78, 5) is 14.3. The SMILES string of the molecule is CC1(C)C(=O)Nc2ccc(N3CCNCC3)cc21. The van der Waals surface area contributed by atoms with Gasteiger partial charge in [0.25, 0.3) is 0 Å². The number of hydrogen-bond acceptors (Lipinski definition) is 3. The molecule has 2 heterocycles. The lowest BCUT2D eigenvalue weighted by Gasteiger charge is -2.30. The van der Waals surface area contributed by atoms with Crippen LogP contribution in [0.1, 0.15) is 19.4 Å². The molecule has 0 aliphatic carbocycles. The Kier molecular flexibility index (Phi) is 2.55. The van der Waals surface area contributed by atoms with Crippen LogP contribution in [0, 0.1) is 0 Å². The second-order valence-electron chi connectivity index (χ2n) is 5.55. The smallest absolute Gasteiger partial charge is 0.234 e. The van der Waals surface area contributed by atoms with E-state index < -0.39 is 5.41 Å². The van der Waals surface area contributed by atoms with Gasteiger partial charge in [-0.1, -0.05) is 0 Å². The lowest BCUT2D eigenvalue weighted by molar-refractivity contribution is -0.119. The minimum absolute atomic E-state index is 0.0926. The van der Waals surface area contributed by atoms with Gasteiger partial charge >= 0.3 is 0 Å². The molecular weight excluding hydrogens is 226 g/mol. The second kappa shape index (κ2) is 3.99. The van der Waals surface area contributed by atoms with E-state index in [0.29, 0.717) is 0 Å². The molecule has 2 aliphatic rings. The molecule has 0 aromatic heterocycles. The molecule has 0 saturated carbocycles. The van der Waals surface area contributed by atoms with Gasteiger partial charge in [0.1, 0.15) is 0 Å². The van der Waals surface area contributed by atoms with Crippen molar-refractivity contribution in [1.82, 2.24) is 5.32 Å². The summed E-state index contributed by atoms with van der Waals surface area (Å²) >= 11 is 0. The number of rotatable bonds is 1. The van der Waals surface area contributed by atoms with Gasteiger partial charge in [-0.15, -0.1) is 0 Å². The monoisotopic (exact) mass is 245 g/mol. The maximum atomic E-state index is 11.9. The van der Waals surface area contributed by atoms with E-state index in [1.54, 1.807) is 0 Å². The Morgan fingerprint density at radius 1 is 1.22 bits per heavy atom. The summed E-state index contributed by atoms with van der Waals surface area (Å²) < 4.78 is 0. The van der Waals surface area contributed by atoms with Gasteiger partial charge in [-0.2, -0.15) is 0 Å². The van der Waals surface area contributed by atoms with Gasteiger partial charge in [0, 0.05) is 37.6 Å². The number of carbonyl (C=O) groups is 1. The van der Waals surface area contributed by atoms with Crippen molar-refractivity contribution < 1.29 is 4.79 Å². The maximum absolute atomic E-state index is 11.9. The molecule has 0 radical (unpaired) electrons. The predicted octanol–water partition coefficient (Wildman–Crippen LogP) is 1.33. The van der Waals surface area contributed by atoms with Gasteiger partial charge in [-0.25, -0.2) is 0 Å². The number of carbonyl (C=O) groups excluding carboxylic acids is 1. The van der Waals surface area contributed by atoms with Crippen LogP contribution >= 0.6 is 0 Å². The highest BCUT2D eigenvalue weighted by atomic mass is 16.2. The average molecular weight is 245 g/mol. The van der Waals surface area contributed by atoms with Crippen molar-refractivity contribution in [2.75, 3.05) is 36.4 Å². The fourth-order valence-electron chi connectivity index (χ4n) is 2.68. The highest BCUT2D eigenvalue weighted by Crippen LogP contribution is 2.39. The lowest BCUT2D eigenvalue weighted by atomic mass is 9.86. The Balaban J connectivity index is 1.96. The topological polar surface area (TPSA) is 44.4 Å². The minimum Gasteiger partial charge on any atom is -0.369 e. The van der Waals surface area contributed by atoms with Crippen LogP contribution < -0.4 is 15.5 Å². The van der Waals surface area contributed by atoms with Gasteiger partial charge in [0.15, 0.2) is 0 Å². The number of amides is 1. The first kappa shape index (κ1) is 11.5. The third-order valence-electron chi connectivity index (χ3n) is 3.97. The van der Waals surface area contributed by atoms with E-state index in [1.165, 1.54) is 5.69 Å². The van der Waals surface area contributed by atoms with E-state index in [-0.39, 0.29) is 5.91 Å². The van der Waals surface area contributed by atoms with E-state index in [2.05, 4.69) is 27.7 Å². The number of anilines is 2. The largest absolute Gasteiger partial charge is 0.369 e. The van der Waals surface area contributed by atoms with Gasteiger partial charge < -0.3 is 15.5 Å². The highest BCUT2D eigenvalue weighted by Gasteiger charge is 2.38. The number of benzene rings is 1. The maximum Gasteiger partial charge on any atom is 0.234 e. The molecule has 4 heteroatoms. The van der Waals surface area contributed by atoms with Crippen LogP contribution in [-0.2, 0) is 10.2 Å². The standard InChI is InChI=1S/C14H19N3O/c1-14(2)11-9-10(17-7-5-15-6-8-17)3-4-12(11)16-13(14)18/h3-4,9,15H,5-8H2,1-2H3,(H,16,18). The molecule has 18 heavy (non-hydrogen) atoms. The zero-order valence-corrected chi connectivity index (χ0v) is 10.9. The summed E-state index contributed by atoms with van der Waals surface area (Å²) in [6.07, 6.45) is 0. The molecule has 4 nitrogen and oxygen atoms in total. The fourth-order valence-corrected chi connectivity index (χ4v) is 2.68. The Bertz CT molecular complexity index is 490. The molecule has 96 valence electrons. The first-order valence-electron chi connectivity index (χ1n) is 6.51. The molecule has 1 fully saturated rings. The molecule has 1 amide bonds. The van der Waals surface area contributed by atoms with Crippen molar-refractivity contribution in [3.63, 3.8) is 0 Å². The first-order valence-corrected chi connectivity index (χ1v) is 6.51. The zero-order chi connectivity index (χ0) is 12.8. The van der Waals surface area contributed by atoms with Crippen molar-refractivity contribution in [1.29, 1.82) is 0 Å². The molecule has 1 saturated heterocycles. The summed E-state index contributed by atoms with van der Waals surface area (Å²) in [5, 5.41) is 6.30. The van der Waals surface area contributed by atoms with Crippen LogP contribution in [0.25, 0.3) is 0 Å². The summed E-state index contributed by atoms with van der Waals surface area (Å²) in [5.74, 6) is 0.0926. The Labute approximate surface area is 107 Å². The van der Waals surface area contributed by atoms with E-state index in [1.807, 2.05) is 19.9 Å². The van der Waals surface area contributed by atoms with Gasteiger partial charge in [-0.3, -0.25) is 4.79 Å². The van der Waals surface area contributed by atoms with Crippen LogP contribution in [0.2, 0.25) is 0 Å². The normalized spacial score (nSPS) is 21.7. The lowest BCUT2D eigenvalue weighted by Crippen LogP contribution is -2.43. The van der Waals surface area contributed by atoms with Crippen LogP contribution in [0.4, 0.5) is 11.4 Å². The Hall–Kier alpha value is -1.55. The molecule has 1 aromatic rings. The molecule has 2 aliphatic heterocycles. The zero-order valence-electron chi connectivity index (χ0n) is 10.9. The number of nitrogens with one attached hydrogen (secondary N) is 2. The second-order valence-corrected chi connectivity index (χ2v) is 5.55. The molecule has 1 aromatic carbocycles. The van der Waals surface area contributed by atoms with Gasteiger partial charge in [0.05, 0.1) is 5.41 Å². The third kappa shape index (κ3) is 1.68. The molecule has 3 rings (SSSR count). The summed E-state index contributed by atoms with van der Waals surface area (Å²) in [6, 6.07) is 6.30. The van der Waals surface area contributed by atoms with Crippen LogP contribution in [0.5, 0.6) is 0 Å². The minimum atomic E-state index is -0.417. The molecular formula is C14H19N3O. The van der Waals surface area contributed by atoms with Crippen molar-refractivity contribution >= 4 is 17.3 Å². The Morgan fingerprint density at radius 2 is 1.94 bits per heavy atom. The quantitative estimate of drug-likeness (QED) is 0.784. The van der Waals surface area contributed by atoms with E-state index in [9.17, 15) is 4.79 Å². The van der Waals surface area contributed by atoms with Crippen LogP contribution in [0.3, 0.4) is 0 Å². The van der Waals surface area contributed by atoms with Crippen LogP contribution in [-0.4, -0.2) is 32.1 Å². The number of fused-ring (bicyclic) bond motifs is 1. The van der Waals surface area contributed by atoms with E-state index in [0.717, 1.165) is 37.4 Å². The summed E-state index contributed by atoms with van der Waals surface area (Å²) in [6.45, 7) is 8.07. The predicted molar refractivity (Wildman–Crippen MR) is 73.2 cm³/mol. The number of nitrogens with zero attached hydrogens (tertiary/aromatic N) is 1. The third-order valence-corrected chi connectivity index (χ3v) is 3.97. The van der Waals surface area contributed by atoms with Crippen molar-refractivity contribution in [2.24, 2.45) is 0 Å². The van der Waals surface area contributed by atoms with Gasteiger partial charge in [-0.05, 0) is 37.6 Å². The number of hydrogen-bond donors (Lipinski definition) is 2. The molecule has 2 N–H and O–H groups in total. The molecule has 0 unspecified atom stereocenters. The average Bonchev–Trinajstić information content (AvgIpc) is 2.61. The van der Waals surface area contributed by atoms with Crippen LogP contribution in [0.15, 0.2) is 18.2 Å². The Morgan fingerprint density at radius 3 is 2.67 bits per heavy atom. The molecule has 0 spiro atoms. The first-order chi connectivity index (χ1) is 8.59. The van der Waals surface area contributed by atoms with Crippen molar-refractivity contribution in [2.45, 2.75) is 19.3 Å². The molecule has 0 bridgehead atoms. The summed E-state index contributed by atoms with van der Waals surface area (Å²) in [7, 11) is 0. The fraction of sp³-hybridized carbons (Fsp3) is 0.500. The van der Waals surface area contributed by atoms with Crippen molar-refractivity contribution in [3.05, 3.63) is 23.8 Å². The van der Waals surface area contributed by atoms with Crippen molar-refractivity contribution in [3.8, 4) is 0 Å². The summed E-state index contributed by atoms with van der Waals surface area (Å²) in [5.41, 5.74) is 2.88. The van der Waals surface area contributed by atoms with E-state index >= 15 is 0 Å². The number of piperazine rings is 1. The van der Waals surface area contributed by atoms with E-state index in [4.69, 9.17) is 0 Å².